The molecule has 4 aromatic rings. The van der Waals surface area contributed by atoms with Crippen molar-refractivity contribution in [3.63, 3.8) is 0 Å². The summed E-state index contributed by atoms with van der Waals surface area (Å²) in [4.78, 5) is 16.9. The predicted molar refractivity (Wildman–Crippen MR) is 155 cm³/mol. The third kappa shape index (κ3) is 8.07. The third-order valence-electron chi connectivity index (χ3n) is 4.89. The number of thiazole rings is 1. The molecule has 1 N–H and O–H groups in total. The lowest BCUT2D eigenvalue weighted by Gasteiger charge is -2.15. The molecule has 0 aliphatic heterocycles. The molecule has 0 fully saturated rings. The zero-order valence-electron chi connectivity index (χ0n) is 19.8. The Balaban J connectivity index is 1.33. The smallest absolute Gasteiger partial charge is 0.250 e. The van der Waals surface area contributed by atoms with Crippen molar-refractivity contribution in [1.29, 1.82) is 0 Å². The maximum atomic E-state index is 12.3. The van der Waals surface area contributed by atoms with E-state index in [2.05, 4.69) is 31.4 Å². The van der Waals surface area contributed by atoms with Gasteiger partial charge in [0.2, 0.25) is 0 Å². The van der Waals surface area contributed by atoms with Crippen molar-refractivity contribution in [3.8, 4) is 22.8 Å². The van der Waals surface area contributed by atoms with E-state index in [1.807, 2.05) is 79.0 Å². The molecule has 6 nitrogen and oxygen atoms in total. The highest BCUT2D eigenvalue weighted by molar-refractivity contribution is 9.10. The summed E-state index contributed by atoms with van der Waals surface area (Å²) >= 11 is 12.5. The van der Waals surface area contributed by atoms with Gasteiger partial charge >= 0.3 is 0 Å². The van der Waals surface area contributed by atoms with Gasteiger partial charge in [-0.05, 0) is 58.2 Å². The first-order chi connectivity index (χ1) is 18.0. The summed E-state index contributed by atoms with van der Waals surface area (Å²) in [6, 6.07) is 21.1. The van der Waals surface area contributed by atoms with Gasteiger partial charge in [0.15, 0.2) is 15.8 Å². The zero-order valence-corrected chi connectivity index (χ0v) is 23.8. The third-order valence-corrected chi connectivity index (χ3v) is 7.73. The van der Waals surface area contributed by atoms with E-state index < -0.39 is 0 Å². The molecule has 0 saturated carbocycles. The van der Waals surface area contributed by atoms with Crippen LogP contribution in [0, 0.1) is 0 Å². The number of aromatic nitrogens is 1. The molecule has 10 heteroatoms. The van der Waals surface area contributed by atoms with Gasteiger partial charge in [-0.15, -0.1) is 11.3 Å². The average molecular weight is 617 g/mol. The molecule has 1 aromatic heterocycles. The number of hydrogen-bond acceptors (Lipinski definition) is 7. The number of hydrazone groups is 1. The van der Waals surface area contributed by atoms with Gasteiger partial charge in [0.1, 0.15) is 6.61 Å². The number of amides is 1. The van der Waals surface area contributed by atoms with Crippen molar-refractivity contribution in [1.82, 2.24) is 10.4 Å². The van der Waals surface area contributed by atoms with Crippen LogP contribution in [0.1, 0.15) is 18.1 Å². The SMILES string of the molecule is CCOc1cc(/C=N/NC(=O)CSc2nc(-c3ccccc3)cs2)cc(Br)c1OCc1cccc(Cl)c1. The number of carbonyl (C=O) groups is 1. The number of hydrogen-bond donors (Lipinski definition) is 1. The molecule has 37 heavy (non-hydrogen) atoms. The van der Waals surface area contributed by atoms with Gasteiger partial charge in [-0.1, -0.05) is 65.8 Å². The summed E-state index contributed by atoms with van der Waals surface area (Å²) in [7, 11) is 0. The summed E-state index contributed by atoms with van der Waals surface area (Å²) in [5.41, 5.74) is 6.21. The van der Waals surface area contributed by atoms with E-state index in [4.69, 9.17) is 21.1 Å². The number of thioether (sulfide) groups is 1. The minimum Gasteiger partial charge on any atom is -0.490 e. The van der Waals surface area contributed by atoms with Gasteiger partial charge in [-0.2, -0.15) is 5.10 Å². The Morgan fingerprint density at radius 2 is 2.00 bits per heavy atom. The highest BCUT2D eigenvalue weighted by Gasteiger charge is 2.13. The van der Waals surface area contributed by atoms with E-state index in [9.17, 15) is 4.79 Å². The van der Waals surface area contributed by atoms with Gasteiger partial charge in [0.25, 0.3) is 5.91 Å². The molecular formula is C27H23BrClN3O3S2. The lowest BCUT2D eigenvalue weighted by atomic mass is 10.2. The number of ether oxygens (including phenoxy) is 2. The largest absolute Gasteiger partial charge is 0.490 e. The zero-order chi connectivity index (χ0) is 26.0. The van der Waals surface area contributed by atoms with E-state index in [0.717, 1.165) is 26.7 Å². The second kappa shape index (κ2) is 13.6. The fourth-order valence-corrected chi connectivity index (χ4v) is 5.67. The van der Waals surface area contributed by atoms with E-state index in [0.29, 0.717) is 34.2 Å². The Labute approximate surface area is 237 Å². The lowest BCUT2D eigenvalue weighted by molar-refractivity contribution is -0.118. The van der Waals surface area contributed by atoms with Crippen LogP contribution >= 0.6 is 50.6 Å². The fourth-order valence-electron chi connectivity index (χ4n) is 3.25. The minimum atomic E-state index is -0.219. The van der Waals surface area contributed by atoms with Gasteiger partial charge in [-0.25, -0.2) is 10.4 Å². The van der Waals surface area contributed by atoms with Crippen molar-refractivity contribution in [3.05, 3.63) is 92.7 Å². The molecular weight excluding hydrogens is 594 g/mol. The van der Waals surface area contributed by atoms with Crippen LogP contribution in [-0.4, -0.2) is 29.5 Å². The minimum absolute atomic E-state index is 0.212. The Hall–Kier alpha value is -2.85. The topological polar surface area (TPSA) is 72.8 Å². The predicted octanol–water partition coefficient (Wildman–Crippen LogP) is 7.45. The molecule has 0 atom stereocenters. The van der Waals surface area contributed by atoms with Gasteiger partial charge in [0.05, 0.1) is 28.7 Å². The molecule has 0 radical (unpaired) electrons. The summed E-state index contributed by atoms with van der Waals surface area (Å²) in [6.07, 6.45) is 1.56. The van der Waals surface area contributed by atoms with Crippen LogP contribution in [0.4, 0.5) is 0 Å². The van der Waals surface area contributed by atoms with Crippen LogP contribution in [0.2, 0.25) is 5.02 Å². The molecule has 1 heterocycles. The summed E-state index contributed by atoms with van der Waals surface area (Å²) in [6.45, 7) is 2.71. The van der Waals surface area contributed by atoms with E-state index >= 15 is 0 Å². The number of rotatable bonds is 11. The summed E-state index contributed by atoms with van der Waals surface area (Å²) in [5, 5.41) is 6.74. The second-order valence-corrected chi connectivity index (χ2v) is 11.0. The monoisotopic (exact) mass is 615 g/mol. The van der Waals surface area contributed by atoms with Gasteiger partial charge in [-0.3, -0.25) is 4.79 Å². The van der Waals surface area contributed by atoms with Crippen LogP contribution in [0.25, 0.3) is 11.3 Å². The number of carbonyl (C=O) groups excluding carboxylic acids is 1. The molecule has 0 unspecified atom stereocenters. The normalized spacial score (nSPS) is 11.0. The molecule has 0 spiro atoms. The highest BCUT2D eigenvalue weighted by atomic mass is 79.9. The summed E-state index contributed by atoms with van der Waals surface area (Å²) in [5.74, 6) is 1.14. The molecule has 4 rings (SSSR count). The van der Waals surface area contributed by atoms with E-state index in [-0.39, 0.29) is 11.7 Å². The maximum absolute atomic E-state index is 12.3. The number of benzene rings is 3. The quantitative estimate of drug-likeness (QED) is 0.108. The fraction of sp³-hybridized carbons (Fsp3) is 0.148. The first-order valence-electron chi connectivity index (χ1n) is 11.3. The molecule has 0 bridgehead atoms. The van der Waals surface area contributed by atoms with Gasteiger partial charge < -0.3 is 9.47 Å². The first kappa shape index (κ1) is 27.2. The maximum Gasteiger partial charge on any atom is 0.250 e. The van der Waals surface area contributed by atoms with Crippen molar-refractivity contribution in [2.24, 2.45) is 5.10 Å². The molecule has 1 amide bonds. The molecule has 3 aromatic carbocycles. The Morgan fingerprint density at radius 1 is 1.16 bits per heavy atom. The lowest BCUT2D eigenvalue weighted by Crippen LogP contribution is -2.19. The van der Waals surface area contributed by atoms with Crippen molar-refractivity contribution >= 4 is 62.8 Å². The number of nitrogens with one attached hydrogen (secondary N) is 1. The van der Waals surface area contributed by atoms with Crippen LogP contribution in [-0.2, 0) is 11.4 Å². The summed E-state index contributed by atoms with van der Waals surface area (Å²) < 4.78 is 13.3. The molecule has 0 saturated heterocycles. The van der Waals surface area contributed by atoms with E-state index in [1.54, 1.807) is 6.21 Å². The second-order valence-electron chi connectivity index (χ2n) is 7.63. The van der Waals surface area contributed by atoms with Crippen LogP contribution in [0.5, 0.6) is 11.5 Å². The molecule has 0 aliphatic rings. The van der Waals surface area contributed by atoms with Gasteiger partial charge in [0, 0.05) is 16.0 Å². The average Bonchev–Trinajstić information content (AvgIpc) is 3.37. The van der Waals surface area contributed by atoms with Crippen LogP contribution < -0.4 is 14.9 Å². The Kier molecular flexibility index (Phi) is 10.0. The first-order valence-corrected chi connectivity index (χ1v) is 14.3. The highest BCUT2D eigenvalue weighted by Crippen LogP contribution is 2.37. The molecule has 190 valence electrons. The number of halogens is 2. The van der Waals surface area contributed by atoms with Crippen molar-refractivity contribution in [2.45, 2.75) is 17.9 Å². The van der Waals surface area contributed by atoms with Crippen LogP contribution in [0.3, 0.4) is 0 Å². The number of nitrogens with zero attached hydrogens (tertiary/aromatic N) is 2. The standard InChI is InChI=1S/C27H23BrClN3O3S2/c1-2-34-24-13-19(12-22(28)26(24)35-15-18-7-6-10-21(29)11-18)14-30-32-25(33)17-37-27-31-23(16-36-27)20-8-4-3-5-9-20/h3-14,16H,2,15,17H2,1H3,(H,32,33)/b30-14+. The van der Waals surface area contributed by atoms with Crippen molar-refractivity contribution in [2.75, 3.05) is 12.4 Å². The molecule has 0 aliphatic carbocycles. The Morgan fingerprint density at radius 3 is 2.78 bits per heavy atom. The van der Waals surface area contributed by atoms with E-state index in [1.165, 1.54) is 23.1 Å². The Bertz CT molecular complexity index is 1380. The van der Waals surface area contributed by atoms with Crippen molar-refractivity contribution < 1.29 is 14.3 Å². The van der Waals surface area contributed by atoms with Crippen LogP contribution in [0.15, 0.2) is 86.0 Å².